The van der Waals surface area contributed by atoms with Crippen LogP contribution < -0.4 is 20.6 Å². The minimum atomic E-state index is -0.465. The number of aryl methyl sites for hydroxylation is 1. The van der Waals surface area contributed by atoms with E-state index in [1.54, 1.807) is 51.5 Å². The Morgan fingerprint density at radius 2 is 1.90 bits per heavy atom. The number of ether oxygens (including phenoxy) is 2. The van der Waals surface area contributed by atoms with Crippen molar-refractivity contribution in [2.24, 2.45) is 0 Å². The lowest BCUT2D eigenvalue weighted by Gasteiger charge is -2.13. The molecule has 0 radical (unpaired) electrons. The van der Waals surface area contributed by atoms with Gasteiger partial charge < -0.3 is 20.6 Å². The lowest BCUT2D eigenvalue weighted by molar-refractivity contribution is -0.115. The molecule has 10 heteroatoms. The van der Waals surface area contributed by atoms with E-state index in [2.05, 4.69) is 15.5 Å². The molecular formula is C20H22ClN5O3S. The molecule has 2 aromatic carbocycles. The number of nitrogens with zero attached hydrogens (tertiary/aromatic N) is 3. The van der Waals surface area contributed by atoms with Gasteiger partial charge in [0.1, 0.15) is 0 Å². The van der Waals surface area contributed by atoms with Crippen LogP contribution in [0.25, 0.3) is 11.4 Å². The van der Waals surface area contributed by atoms with Crippen LogP contribution in [0.1, 0.15) is 12.5 Å². The van der Waals surface area contributed by atoms with E-state index in [1.165, 1.54) is 16.4 Å². The monoisotopic (exact) mass is 447 g/mol. The number of carbonyl (C=O) groups excluding carboxylic acids is 1. The van der Waals surface area contributed by atoms with Crippen molar-refractivity contribution in [3.05, 3.63) is 47.0 Å². The molecule has 0 aliphatic rings. The van der Waals surface area contributed by atoms with E-state index >= 15 is 0 Å². The van der Waals surface area contributed by atoms with Gasteiger partial charge in [0.25, 0.3) is 0 Å². The van der Waals surface area contributed by atoms with E-state index in [9.17, 15) is 4.79 Å². The Balaban J connectivity index is 1.76. The second kappa shape index (κ2) is 9.27. The van der Waals surface area contributed by atoms with E-state index in [1.807, 2.05) is 13.0 Å². The first-order valence-electron chi connectivity index (χ1n) is 9.00. The van der Waals surface area contributed by atoms with Gasteiger partial charge in [-0.2, -0.15) is 0 Å². The molecule has 1 heterocycles. The Morgan fingerprint density at radius 3 is 2.60 bits per heavy atom. The SMILES string of the molecule is COc1ccc(-c2nnc(SC(C)C(=O)Nc3cc(Cl)ccc3C)n2N)cc1OC. The molecule has 1 unspecified atom stereocenters. The number of carbonyl (C=O) groups is 1. The smallest absolute Gasteiger partial charge is 0.237 e. The molecule has 158 valence electrons. The predicted molar refractivity (Wildman–Crippen MR) is 119 cm³/mol. The molecular weight excluding hydrogens is 426 g/mol. The average molecular weight is 448 g/mol. The maximum absolute atomic E-state index is 12.6. The summed E-state index contributed by atoms with van der Waals surface area (Å²) in [7, 11) is 3.12. The molecule has 3 rings (SSSR count). The number of nitrogen functional groups attached to an aromatic ring is 1. The van der Waals surface area contributed by atoms with Gasteiger partial charge >= 0.3 is 0 Å². The first-order valence-corrected chi connectivity index (χ1v) is 10.3. The van der Waals surface area contributed by atoms with E-state index in [0.29, 0.717) is 38.8 Å². The van der Waals surface area contributed by atoms with Gasteiger partial charge in [-0.15, -0.1) is 10.2 Å². The molecule has 0 spiro atoms. The maximum atomic E-state index is 12.6. The number of amides is 1. The molecule has 0 bridgehead atoms. The van der Waals surface area contributed by atoms with Gasteiger partial charge in [-0.25, -0.2) is 4.68 Å². The van der Waals surface area contributed by atoms with Gasteiger partial charge in [0.2, 0.25) is 11.1 Å². The van der Waals surface area contributed by atoms with Crippen LogP contribution in [-0.2, 0) is 4.79 Å². The van der Waals surface area contributed by atoms with Crippen LogP contribution >= 0.6 is 23.4 Å². The van der Waals surface area contributed by atoms with E-state index in [4.69, 9.17) is 26.9 Å². The highest BCUT2D eigenvalue weighted by Gasteiger charge is 2.21. The van der Waals surface area contributed by atoms with Crippen LogP contribution in [0.5, 0.6) is 11.5 Å². The summed E-state index contributed by atoms with van der Waals surface area (Å²) in [5.41, 5.74) is 2.30. The zero-order valence-electron chi connectivity index (χ0n) is 17.0. The number of hydrogen-bond donors (Lipinski definition) is 2. The zero-order valence-corrected chi connectivity index (χ0v) is 18.5. The summed E-state index contributed by atoms with van der Waals surface area (Å²) in [5, 5.41) is 11.7. The Morgan fingerprint density at radius 1 is 1.17 bits per heavy atom. The fourth-order valence-electron chi connectivity index (χ4n) is 2.70. The molecule has 3 aromatic rings. The largest absolute Gasteiger partial charge is 0.493 e. The van der Waals surface area contributed by atoms with Gasteiger partial charge in [-0.1, -0.05) is 29.4 Å². The Kier molecular flexibility index (Phi) is 6.73. The molecule has 0 aliphatic carbocycles. The summed E-state index contributed by atoms with van der Waals surface area (Å²) in [6.45, 7) is 3.67. The number of nitrogens with two attached hydrogens (primary N) is 1. The average Bonchev–Trinajstić information content (AvgIpc) is 3.10. The number of methoxy groups -OCH3 is 2. The fourth-order valence-corrected chi connectivity index (χ4v) is 3.65. The van der Waals surface area contributed by atoms with Crippen LogP contribution in [-0.4, -0.2) is 40.3 Å². The topological polar surface area (TPSA) is 104 Å². The third-order valence-corrected chi connectivity index (χ3v) is 5.71. The van der Waals surface area contributed by atoms with Gasteiger partial charge in [-0.3, -0.25) is 4.79 Å². The normalized spacial score (nSPS) is 11.8. The minimum absolute atomic E-state index is 0.193. The number of aromatic nitrogens is 3. The highest BCUT2D eigenvalue weighted by atomic mass is 35.5. The molecule has 3 N–H and O–H groups in total. The van der Waals surface area contributed by atoms with Crippen LogP contribution in [0.2, 0.25) is 5.02 Å². The first kappa shape index (κ1) is 21.8. The molecule has 0 aliphatic heterocycles. The first-order chi connectivity index (χ1) is 14.3. The minimum Gasteiger partial charge on any atom is -0.493 e. The molecule has 1 amide bonds. The van der Waals surface area contributed by atoms with E-state index in [0.717, 1.165) is 5.56 Å². The molecule has 30 heavy (non-hydrogen) atoms. The van der Waals surface area contributed by atoms with E-state index in [-0.39, 0.29) is 5.91 Å². The third-order valence-electron chi connectivity index (χ3n) is 4.42. The van der Waals surface area contributed by atoms with Crippen molar-refractivity contribution < 1.29 is 14.3 Å². The summed E-state index contributed by atoms with van der Waals surface area (Å²) in [6, 6.07) is 10.7. The maximum Gasteiger partial charge on any atom is 0.237 e. The summed E-state index contributed by atoms with van der Waals surface area (Å²) < 4.78 is 11.9. The van der Waals surface area contributed by atoms with Crippen molar-refractivity contribution >= 4 is 35.0 Å². The second-order valence-electron chi connectivity index (χ2n) is 6.45. The van der Waals surface area contributed by atoms with Crippen molar-refractivity contribution in [1.29, 1.82) is 0 Å². The molecule has 0 saturated carbocycles. The van der Waals surface area contributed by atoms with Gasteiger partial charge in [0, 0.05) is 16.3 Å². The highest BCUT2D eigenvalue weighted by Crippen LogP contribution is 2.32. The Labute approximate surface area is 183 Å². The third kappa shape index (κ3) is 4.63. The quantitative estimate of drug-likeness (QED) is 0.419. The number of anilines is 1. The predicted octanol–water partition coefficient (Wildman–Crippen LogP) is 3.76. The number of hydrogen-bond acceptors (Lipinski definition) is 7. The highest BCUT2D eigenvalue weighted by molar-refractivity contribution is 8.00. The van der Waals surface area contributed by atoms with Crippen LogP contribution in [0.3, 0.4) is 0 Å². The summed E-state index contributed by atoms with van der Waals surface area (Å²) in [5.74, 6) is 7.59. The molecule has 0 saturated heterocycles. The van der Waals surface area contributed by atoms with Crippen LogP contribution in [0.4, 0.5) is 5.69 Å². The molecule has 0 fully saturated rings. The Hall–Kier alpha value is -2.91. The Bertz CT molecular complexity index is 1070. The lowest BCUT2D eigenvalue weighted by atomic mass is 10.2. The zero-order chi connectivity index (χ0) is 21.8. The molecule has 1 atom stereocenters. The van der Waals surface area contributed by atoms with Crippen molar-refractivity contribution in [2.75, 3.05) is 25.4 Å². The van der Waals surface area contributed by atoms with Crippen LogP contribution in [0, 0.1) is 6.92 Å². The van der Waals surface area contributed by atoms with Crippen molar-refractivity contribution in [3.63, 3.8) is 0 Å². The number of benzene rings is 2. The summed E-state index contributed by atoms with van der Waals surface area (Å²) in [6.07, 6.45) is 0. The van der Waals surface area contributed by atoms with Crippen LogP contribution in [0.15, 0.2) is 41.6 Å². The number of thioether (sulfide) groups is 1. The van der Waals surface area contributed by atoms with Gasteiger partial charge in [0.05, 0.1) is 19.5 Å². The number of halogens is 1. The second-order valence-corrected chi connectivity index (χ2v) is 8.20. The standard InChI is InChI=1S/C20H22ClN5O3S/c1-11-5-7-14(21)10-15(11)23-19(27)12(2)30-20-25-24-18(26(20)22)13-6-8-16(28-3)17(9-13)29-4/h5-10,12H,22H2,1-4H3,(H,23,27). The number of nitrogens with one attached hydrogen (secondary N) is 1. The van der Waals surface area contributed by atoms with Gasteiger partial charge in [-0.05, 0) is 49.7 Å². The van der Waals surface area contributed by atoms with Crippen molar-refractivity contribution in [2.45, 2.75) is 24.3 Å². The number of rotatable bonds is 7. The lowest BCUT2D eigenvalue weighted by Crippen LogP contribution is -2.24. The van der Waals surface area contributed by atoms with Crippen molar-refractivity contribution in [1.82, 2.24) is 14.9 Å². The molecule has 8 nitrogen and oxygen atoms in total. The van der Waals surface area contributed by atoms with Gasteiger partial charge in [0.15, 0.2) is 17.3 Å². The summed E-state index contributed by atoms with van der Waals surface area (Å²) in [4.78, 5) is 12.6. The summed E-state index contributed by atoms with van der Waals surface area (Å²) >= 11 is 7.22. The van der Waals surface area contributed by atoms with E-state index < -0.39 is 5.25 Å². The van der Waals surface area contributed by atoms with Crippen molar-refractivity contribution in [3.8, 4) is 22.9 Å². The molecule has 1 aromatic heterocycles. The fraction of sp³-hybridized carbons (Fsp3) is 0.250.